The summed E-state index contributed by atoms with van der Waals surface area (Å²) in [7, 11) is 0. The van der Waals surface area contributed by atoms with Crippen molar-refractivity contribution in [2.45, 2.75) is 26.3 Å². The van der Waals surface area contributed by atoms with Gasteiger partial charge in [-0.05, 0) is 36.9 Å². The highest BCUT2D eigenvalue weighted by Crippen LogP contribution is 2.30. The Labute approximate surface area is 112 Å². The van der Waals surface area contributed by atoms with Crippen LogP contribution in [0.5, 0.6) is 0 Å². The predicted octanol–water partition coefficient (Wildman–Crippen LogP) is 2.11. The van der Waals surface area contributed by atoms with Gasteiger partial charge in [-0.15, -0.1) is 0 Å². The third-order valence-corrected chi connectivity index (χ3v) is 3.48. The third kappa shape index (κ3) is 3.65. The van der Waals surface area contributed by atoms with Crippen LogP contribution in [-0.4, -0.2) is 22.9 Å². The molecule has 19 heavy (non-hydrogen) atoms. The Morgan fingerprint density at radius 1 is 1.53 bits per heavy atom. The lowest BCUT2D eigenvalue weighted by Crippen LogP contribution is -2.25. The molecule has 1 fully saturated rings. The Hall–Kier alpha value is -1.66. The first kappa shape index (κ1) is 13.8. The van der Waals surface area contributed by atoms with Crippen molar-refractivity contribution in [3.63, 3.8) is 0 Å². The van der Waals surface area contributed by atoms with E-state index in [1.165, 1.54) is 12.8 Å². The molecule has 0 aliphatic heterocycles. The molecule has 1 aromatic carbocycles. The number of nitrogens with one attached hydrogen (secondary N) is 1. The van der Waals surface area contributed by atoms with E-state index in [0.29, 0.717) is 5.69 Å². The molecule has 0 unspecified atom stereocenters. The smallest absolute Gasteiger partial charge is 0.293 e. The lowest BCUT2D eigenvalue weighted by atomic mass is 10.1. The summed E-state index contributed by atoms with van der Waals surface area (Å²) in [5.41, 5.74) is 3.69. The van der Waals surface area contributed by atoms with Gasteiger partial charge in [-0.2, -0.15) is 0 Å². The number of nitrogens with zero attached hydrogens (tertiary/aromatic N) is 2. The van der Waals surface area contributed by atoms with Crippen molar-refractivity contribution in [2.24, 2.45) is 11.8 Å². The SMILES string of the molecule is CCN(Cc1ccc(NN)c([N+](=O)[O-])c1)CC1CC1. The van der Waals surface area contributed by atoms with E-state index < -0.39 is 4.92 Å². The average molecular weight is 264 g/mol. The Balaban J connectivity index is 2.10. The van der Waals surface area contributed by atoms with Gasteiger partial charge in [0.05, 0.1) is 4.92 Å². The van der Waals surface area contributed by atoms with Crippen LogP contribution in [0.25, 0.3) is 0 Å². The number of nitro groups is 1. The summed E-state index contributed by atoms with van der Waals surface area (Å²) in [5.74, 6) is 6.09. The Kier molecular flexibility index (Phi) is 4.34. The van der Waals surface area contributed by atoms with Crippen molar-refractivity contribution in [2.75, 3.05) is 18.5 Å². The minimum Gasteiger partial charge on any atom is -0.318 e. The first-order valence-corrected chi connectivity index (χ1v) is 6.60. The highest BCUT2D eigenvalue weighted by Gasteiger charge is 2.24. The number of hydrazine groups is 1. The van der Waals surface area contributed by atoms with Crippen molar-refractivity contribution < 1.29 is 4.92 Å². The molecule has 1 aromatic rings. The summed E-state index contributed by atoms with van der Waals surface area (Å²) in [6.45, 7) is 4.91. The first-order valence-electron chi connectivity index (χ1n) is 6.60. The fourth-order valence-electron chi connectivity index (χ4n) is 2.18. The maximum absolute atomic E-state index is 11.0. The molecule has 0 saturated heterocycles. The molecule has 0 radical (unpaired) electrons. The van der Waals surface area contributed by atoms with Gasteiger partial charge in [0.15, 0.2) is 0 Å². The van der Waals surface area contributed by atoms with E-state index in [1.807, 2.05) is 6.07 Å². The van der Waals surface area contributed by atoms with Gasteiger partial charge in [0.1, 0.15) is 5.69 Å². The molecule has 0 spiro atoms. The second kappa shape index (κ2) is 5.99. The molecule has 6 heteroatoms. The molecule has 0 aromatic heterocycles. The van der Waals surface area contributed by atoms with Crippen LogP contribution in [0.3, 0.4) is 0 Å². The van der Waals surface area contributed by atoms with E-state index in [9.17, 15) is 10.1 Å². The van der Waals surface area contributed by atoms with Crippen LogP contribution in [0, 0.1) is 16.0 Å². The lowest BCUT2D eigenvalue weighted by molar-refractivity contribution is -0.384. The molecule has 3 N–H and O–H groups in total. The van der Waals surface area contributed by atoms with Gasteiger partial charge in [-0.1, -0.05) is 13.0 Å². The van der Waals surface area contributed by atoms with Gasteiger partial charge >= 0.3 is 0 Å². The van der Waals surface area contributed by atoms with Crippen LogP contribution in [0.1, 0.15) is 25.3 Å². The summed E-state index contributed by atoms with van der Waals surface area (Å²) >= 11 is 0. The van der Waals surface area contributed by atoms with Gasteiger partial charge in [0, 0.05) is 19.2 Å². The van der Waals surface area contributed by atoms with Crippen molar-refractivity contribution in [1.82, 2.24) is 4.90 Å². The standard InChI is InChI=1S/C13H20N4O2/c1-2-16(8-10-3-4-10)9-11-5-6-12(15-14)13(7-11)17(18)19/h5-7,10,15H,2-4,8-9,14H2,1H3. The maximum atomic E-state index is 11.0. The molecular formula is C13H20N4O2. The Morgan fingerprint density at radius 2 is 2.26 bits per heavy atom. The Morgan fingerprint density at radius 3 is 2.79 bits per heavy atom. The van der Waals surface area contributed by atoms with Crippen LogP contribution in [-0.2, 0) is 6.54 Å². The quantitative estimate of drug-likeness (QED) is 0.447. The van der Waals surface area contributed by atoms with Crippen molar-refractivity contribution in [3.05, 3.63) is 33.9 Å². The zero-order valence-corrected chi connectivity index (χ0v) is 11.1. The molecular weight excluding hydrogens is 244 g/mol. The largest absolute Gasteiger partial charge is 0.318 e. The van der Waals surface area contributed by atoms with E-state index >= 15 is 0 Å². The second-order valence-corrected chi connectivity index (χ2v) is 5.02. The third-order valence-electron chi connectivity index (χ3n) is 3.48. The molecule has 1 aliphatic carbocycles. The minimum absolute atomic E-state index is 0.0301. The zero-order valence-electron chi connectivity index (χ0n) is 11.1. The second-order valence-electron chi connectivity index (χ2n) is 5.02. The summed E-state index contributed by atoms with van der Waals surface area (Å²) in [6, 6.07) is 5.15. The average Bonchev–Trinajstić information content (AvgIpc) is 3.21. The molecule has 1 aliphatic rings. The summed E-state index contributed by atoms with van der Waals surface area (Å²) in [5, 5.41) is 11.0. The van der Waals surface area contributed by atoms with Crippen molar-refractivity contribution in [1.29, 1.82) is 0 Å². The molecule has 6 nitrogen and oxygen atoms in total. The van der Waals surface area contributed by atoms with E-state index in [2.05, 4.69) is 17.2 Å². The fourth-order valence-corrected chi connectivity index (χ4v) is 2.18. The van der Waals surface area contributed by atoms with Gasteiger partial charge in [0.25, 0.3) is 5.69 Å². The van der Waals surface area contributed by atoms with Crippen LogP contribution in [0.2, 0.25) is 0 Å². The number of anilines is 1. The summed E-state index contributed by atoms with van der Waals surface area (Å²) in [6.07, 6.45) is 2.62. The van der Waals surface area contributed by atoms with Crippen LogP contribution >= 0.6 is 0 Å². The van der Waals surface area contributed by atoms with Crippen molar-refractivity contribution in [3.8, 4) is 0 Å². The molecule has 104 valence electrons. The molecule has 0 atom stereocenters. The van der Waals surface area contributed by atoms with Crippen LogP contribution in [0.15, 0.2) is 18.2 Å². The number of hydrogen-bond acceptors (Lipinski definition) is 5. The Bertz CT molecular complexity index is 460. The zero-order chi connectivity index (χ0) is 13.8. The molecule has 2 rings (SSSR count). The highest BCUT2D eigenvalue weighted by atomic mass is 16.6. The van der Waals surface area contributed by atoms with Crippen molar-refractivity contribution >= 4 is 11.4 Å². The molecule has 0 heterocycles. The number of nitrogens with two attached hydrogens (primary N) is 1. The normalized spacial score (nSPS) is 14.7. The number of hydrogen-bond donors (Lipinski definition) is 2. The van der Waals surface area contributed by atoms with E-state index in [0.717, 1.165) is 31.1 Å². The summed E-state index contributed by atoms with van der Waals surface area (Å²) < 4.78 is 0. The van der Waals surface area contributed by atoms with E-state index in [1.54, 1.807) is 12.1 Å². The number of nitrogen functional groups attached to an aromatic ring is 1. The molecule has 1 saturated carbocycles. The number of nitro benzene ring substituents is 1. The first-order chi connectivity index (χ1) is 9.13. The van der Waals surface area contributed by atoms with E-state index in [-0.39, 0.29) is 5.69 Å². The molecule has 0 amide bonds. The monoisotopic (exact) mass is 264 g/mol. The van der Waals surface area contributed by atoms with Gasteiger partial charge < -0.3 is 5.43 Å². The van der Waals surface area contributed by atoms with E-state index in [4.69, 9.17) is 5.84 Å². The highest BCUT2D eigenvalue weighted by molar-refractivity contribution is 5.61. The fraction of sp³-hybridized carbons (Fsp3) is 0.538. The summed E-state index contributed by atoms with van der Waals surface area (Å²) in [4.78, 5) is 12.9. The number of rotatable bonds is 7. The van der Waals surface area contributed by atoms with Gasteiger partial charge in [-0.25, -0.2) is 0 Å². The van der Waals surface area contributed by atoms with Crippen LogP contribution < -0.4 is 11.3 Å². The topological polar surface area (TPSA) is 84.4 Å². The predicted molar refractivity (Wildman–Crippen MR) is 74.6 cm³/mol. The molecule has 0 bridgehead atoms. The number of benzene rings is 1. The minimum atomic E-state index is -0.407. The van der Waals surface area contributed by atoms with Crippen LogP contribution in [0.4, 0.5) is 11.4 Å². The lowest BCUT2D eigenvalue weighted by Gasteiger charge is -2.20. The van der Waals surface area contributed by atoms with Gasteiger partial charge in [0.2, 0.25) is 0 Å². The maximum Gasteiger partial charge on any atom is 0.293 e. The van der Waals surface area contributed by atoms with Gasteiger partial charge in [-0.3, -0.25) is 20.9 Å².